The summed E-state index contributed by atoms with van der Waals surface area (Å²) in [6.45, 7) is 0. The summed E-state index contributed by atoms with van der Waals surface area (Å²) < 4.78 is 14.9. The molecule has 6 nitrogen and oxygen atoms in total. The van der Waals surface area contributed by atoms with Crippen LogP contribution in [-0.2, 0) is 0 Å². The van der Waals surface area contributed by atoms with Crippen LogP contribution < -0.4 is 0 Å². The number of nitrogens with zero attached hydrogens (tertiary/aromatic N) is 4. The fourth-order valence-electron chi connectivity index (χ4n) is 9.16. The number of furan rings is 2. The zero-order chi connectivity index (χ0) is 41.4. The van der Waals surface area contributed by atoms with Gasteiger partial charge in [-0.25, -0.2) is 4.98 Å². The SMILES string of the molecule is c1ccc(-c2ccc(-c3ccc4c5ccccc5n(-c5nc(-c6ccccc6)nc(-c6ccc7c(c6)oc6ccc(-c8ccc9c(c8)oc8ccccc89)cc67)n5)c4c3)cc2)cc1. The number of fused-ring (bicyclic) bond motifs is 9. The molecule has 0 N–H and O–H groups in total. The lowest BCUT2D eigenvalue weighted by molar-refractivity contribution is 0.669. The lowest BCUT2D eigenvalue weighted by Crippen LogP contribution is -2.06. The van der Waals surface area contributed by atoms with E-state index in [0.717, 1.165) is 99.1 Å². The van der Waals surface area contributed by atoms with Crippen molar-refractivity contribution in [1.29, 1.82) is 0 Å². The normalized spacial score (nSPS) is 11.8. The van der Waals surface area contributed by atoms with Gasteiger partial charge < -0.3 is 8.83 Å². The van der Waals surface area contributed by atoms with E-state index in [1.54, 1.807) is 0 Å². The Kier molecular flexibility index (Phi) is 7.80. The summed E-state index contributed by atoms with van der Waals surface area (Å²) in [7, 11) is 0. The van der Waals surface area contributed by atoms with Crippen LogP contribution in [0.5, 0.6) is 0 Å². The topological polar surface area (TPSA) is 69.9 Å². The van der Waals surface area contributed by atoms with E-state index in [1.165, 1.54) is 11.1 Å². The van der Waals surface area contributed by atoms with Gasteiger partial charge in [0, 0.05) is 43.4 Å². The van der Waals surface area contributed by atoms with Crippen LogP contribution in [0.3, 0.4) is 0 Å². The van der Waals surface area contributed by atoms with Crippen molar-refractivity contribution in [3.63, 3.8) is 0 Å². The molecule has 0 saturated carbocycles. The van der Waals surface area contributed by atoms with Crippen molar-refractivity contribution in [1.82, 2.24) is 19.5 Å². The van der Waals surface area contributed by atoms with E-state index in [1.807, 2.05) is 60.7 Å². The Morgan fingerprint density at radius 2 is 0.730 bits per heavy atom. The monoisotopic (exact) mass is 806 g/mol. The number of benzene rings is 9. The van der Waals surface area contributed by atoms with Crippen LogP contribution >= 0.6 is 0 Å². The molecule has 6 heteroatoms. The minimum atomic E-state index is 0.539. The third-order valence-electron chi connectivity index (χ3n) is 12.3. The highest BCUT2D eigenvalue weighted by Crippen LogP contribution is 2.39. The Bertz CT molecular complexity index is 3900. The molecule has 0 unspecified atom stereocenters. The van der Waals surface area contributed by atoms with Crippen LogP contribution in [0.25, 0.3) is 128 Å². The van der Waals surface area contributed by atoms with E-state index in [4.69, 9.17) is 23.8 Å². The largest absolute Gasteiger partial charge is 0.456 e. The van der Waals surface area contributed by atoms with Gasteiger partial charge in [0.25, 0.3) is 0 Å². The molecule has 0 amide bonds. The van der Waals surface area contributed by atoms with Gasteiger partial charge in [-0.1, -0.05) is 152 Å². The van der Waals surface area contributed by atoms with E-state index in [9.17, 15) is 0 Å². The first kappa shape index (κ1) is 35.2. The van der Waals surface area contributed by atoms with E-state index in [2.05, 4.69) is 150 Å². The molecule has 0 aliphatic rings. The maximum atomic E-state index is 6.54. The van der Waals surface area contributed by atoms with Crippen LogP contribution in [0, 0.1) is 0 Å². The summed E-state index contributed by atoms with van der Waals surface area (Å²) in [5, 5.41) is 6.54. The van der Waals surface area contributed by atoms with Crippen LogP contribution in [-0.4, -0.2) is 19.5 Å². The Balaban J connectivity index is 0.936. The lowest BCUT2D eigenvalue weighted by Gasteiger charge is -2.11. The lowest BCUT2D eigenvalue weighted by atomic mass is 9.99. The fourth-order valence-corrected chi connectivity index (χ4v) is 9.16. The van der Waals surface area contributed by atoms with Crippen LogP contribution in [0.4, 0.5) is 0 Å². The molecule has 0 bridgehead atoms. The highest BCUT2D eigenvalue weighted by Gasteiger charge is 2.20. The molecule has 63 heavy (non-hydrogen) atoms. The highest BCUT2D eigenvalue weighted by molar-refractivity contribution is 6.11. The molecule has 4 heterocycles. The molecule has 0 saturated heterocycles. The second kappa shape index (κ2) is 14.0. The quantitative estimate of drug-likeness (QED) is 0.167. The second-order valence-electron chi connectivity index (χ2n) is 16.0. The van der Waals surface area contributed by atoms with E-state index >= 15 is 0 Å². The summed E-state index contributed by atoms with van der Waals surface area (Å²) in [6, 6.07) is 71.7. The molecular weight excluding hydrogens is 773 g/mol. The maximum absolute atomic E-state index is 6.54. The molecule has 9 aromatic carbocycles. The van der Waals surface area contributed by atoms with Gasteiger partial charge in [0.05, 0.1) is 11.0 Å². The molecule has 0 spiro atoms. The molecule has 294 valence electrons. The van der Waals surface area contributed by atoms with E-state index in [0.29, 0.717) is 17.6 Å². The zero-order valence-electron chi connectivity index (χ0n) is 33.7. The maximum Gasteiger partial charge on any atom is 0.238 e. The van der Waals surface area contributed by atoms with Crippen molar-refractivity contribution >= 4 is 65.7 Å². The third-order valence-corrected chi connectivity index (χ3v) is 12.3. The average molecular weight is 807 g/mol. The molecule has 0 fully saturated rings. The molecule has 0 atom stereocenters. The predicted octanol–water partition coefficient (Wildman–Crippen LogP) is 15.1. The number of aromatic nitrogens is 4. The number of rotatable bonds is 6. The Labute approximate surface area is 361 Å². The highest BCUT2D eigenvalue weighted by atomic mass is 16.3. The second-order valence-corrected chi connectivity index (χ2v) is 16.0. The smallest absolute Gasteiger partial charge is 0.238 e. The number of hydrogen-bond acceptors (Lipinski definition) is 5. The summed E-state index contributed by atoms with van der Waals surface area (Å²) in [5.74, 6) is 1.68. The molecule has 4 aromatic heterocycles. The van der Waals surface area contributed by atoms with Gasteiger partial charge in [-0.05, 0) is 88.0 Å². The Hall–Kier alpha value is -8.61. The summed E-state index contributed by atoms with van der Waals surface area (Å²) in [5.41, 5.74) is 13.9. The van der Waals surface area contributed by atoms with Crippen molar-refractivity contribution in [2.24, 2.45) is 0 Å². The minimum Gasteiger partial charge on any atom is -0.456 e. The van der Waals surface area contributed by atoms with Gasteiger partial charge in [0.15, 0.2) is 11.6 Å². The third kappa shape index (κ3) is 5.84. The van der Waals surface area contributed by atoms with Gasteiger partial charge in [-0.3, -0.25) is 4.57 Å². The Morgan fingerprint density at radius 3 is 1.49 bits per heavy atom. The molecule has 0 aliphatic carbocycles. The van der Waals surface area contributed by atoms with Crippen molar-refractivity contribution < 1.29 is 8.83 Å². The zero-order valence-corrected chi connectivity index (χ0v) is 33.7. The van der Waals surface area contributed by atoms with E-state index in [-0.39, 0.29) is 0 Å². The Morgan fingerprint density at radius 1 is 0.270 bits per heavy atom. The van der Waals surface area contributed by atoms with Crippen LogP contribution in [0.2, 0.25) is 0 Å². The van der Waals surface area contributed by atoms with Gasteiger partial charge in [-0.2, -0.15) is 9.97 Å². The van der Waals surface area contributed by atoms with Crippen molar-refractivity contribution in [2.45, 2.75) is 0 Å². The molecule has 0 radical (unpaired) electrons. The van der Waals surface area contributed by atoms with Crippen molar-refractivity contribution in [3.8, 4) is 62.1 Å². The number of para-hydroxylation sites is 2. The first-order valence-corrected chi connectivity index (χ1v) is 21.1. The summed E-state index contributed by atoms with van der Waals surface area (Å²) in [4.78, 5) is 15.6. The van der Waals surface area contributed by atoms with Crippen molar-refractivity contribution in [3.05, 3.63) is 206 Å². The molecule has 0 aliphatic heterocycles. The van der Waals surface area contributed by atoms with Gasteiger partial charge in [-0.15, -0.1) is 0 Å². The predicted molar refractivity (Wildman–Crippen MR) is 256 cm³/mol. The minimum absolute atomic E-state index is 0.539. The van der Waals surface area contributed by atoms with Gasteiger partial charge in [0.2, 0.25) is 5.95 Å². The van der Waals surface area contributed by atoms with Crippen molar-refractivity contribution in [2.75, 3.05) is 0 Å². The van der Waals surface area contributed by atoms with Gasteiger partial charge in [0.1, 0.15) is 22.3 Å². The average Bonchev–Trinajstić information content (AvgIpc) is 4.03. The van der Waals surface area contributed by atoms with Crippen LogP contribution in [0.1, 0.15) is 0 Å². The molecule has 13 rings (SSSR count). The summed E-state index contributed by atoms with van der Waals surface area (Å²) >= 11 is 0. The van der Waals surface area contributed by atoms with E-state index < -0.39 is 0 Å². The first-order chi connectivity index (χ1) is 31.2. The molecule has 13 aromatic rings. The summed E-state index contributed by atoms with van der Waals surface area (Å²) in [6.07, 6.45) is 0. The van der Waals surface area contributed by atoms with Gasteiger partial charge >= 0.3 is 0 Å². The molecular formula is C57H34N4O2. The fraction of sp³-hybridized carbons (Fsp3) is 0. The standard InChI is InChI=1S/C57H34N4O2/c1-3-11-35(12-4-1)36-19-21-37(22-20-36)40-23-27-44-43-15-7-9-17-49(43)61(50(44)32-40)57-59-55(38-13-5-2-6-14-38)58-56(60-57)42-25-29-47-48-31-39(26-30-52(48)63-54(47)34-42)41-24-28-46-45-16-8-10-18-51(45)62-53(46)33-41/h1-34H. The number of hydrogen-bond donors (Lipinski definition) is 0. The first-order valence-electron chi connectivity index (χ1n) is 21.1. The van der Waals surface area contributed by atoms with Crippen LogP contribution in [0.15, 0.2) is 215 Å².